The molecule has 158 valence electrons. The normalized spacial score (nSPS) is 17.4. The SMILES string of the molecule is CN=C(NCc1nnc(C)n1C)NC1CCN(Cc2cc(OC)cc(OC)c2)C1. The van der Waals surface area contributed by atoms with Crippen LogP contribution >= 0.6 is 0 Å². The Morgan fingerprint density at radius 1 is 1.21 bits per heavy atom. The van der Waals surface area contributed by atoms with Gasteiger partial charge in [-0.25, -0.2) is 0 Å². The number of hydrogen-bond acceptors (Lipinski definition) is 6. The van der Waals surface area contributed by atoms with Crippen molar-refractivity contribution >= 4 is 5.96 Å². The number of nitrogens with one attached hydrogen (secondary N) is 2. The predicted octanol–water partition coefficient (Wildman–Crippen LogP) is 1.08. The van der Waals surface area contributed by atoms with Crippen LogP contribution in [0.4, 0.5) is 0 Å². The Balaban J connectivity index is 1.51. The van der Waals surface area contributed by atoms with Crippen molar-refractivity contribution in [2.24, 2.45) is 12.0 Å². The number of rotatable bonds is 7. The molecule has 29 heavy (non-hydrogen) atoms. The van der Waals surface area contributed by atoms with Crippen molar-refractivity contribution in [3.05, 3.63) is 35.4 Å². The maximum atomic E-state index is 5.38. The van der Waals surface area contributed by atoms with E-state index in [0.717, 1.165) is 55.2 Å². The van der Waals surface area contributed by atoms with Crippen LogP contribution in [0.15, 0.2) is 23.2 Å². The van der Waals surface area contributed by atoms with Crippen molar-refractivity contribution in [2.45, 2.75) is 32.5 Å². The number of aliphatic imine (C=N–C) groups is 1. The summed E-state index contributed by atoms with van der Waals surface area (Å²) in [6.45, 7) is 5.35. The van der Waals surface area contributed by atoms with E-state index in [1.807, 2.05) is 24.6 Å². The predicted molar refractivity (Wildman–Crippen MR) is 112 cm³/mol. The number of hydrogen-bond donors (Lipinski definition) is 2. The van der Waals surface area contributed by atoms with E-state index in [2.05, 4.69) is 42.9 Å². The highest BCUT2D eigenvalue weighted by Crippen LogP contribution is 2.24. The molecule has 9 nitrogen and oxygen atoms in total. The number of methoxy groups -OCH3 is 2. The molecule has 0 saturated carbocycles. The average molecular weight is 402 g/mol. The zero-order valence-electron chi connectivity index (χ0n) is 17.9. The number of nitrogens with zero attached hydrogens (tertiary/aromatic N) is 5. The van der Waals surface area contributed by atoms with Gasteiger partial charge in [-0.3, -0.25) is 9.89 Å². The van der Waals surface area contributed by atoms with Crippen LogP contribution in [-0.2, 0) is 20.1 Å². The highest BCUT2D eigenvalue weighted by molar-refractivity contribution is 5.79. The second-order valence-electron chi connectivity index (χ2n) is 7.23. The van der Waals surface area contributed by atoms with Crippen LogP contribution in [0.3, 0.4) is 0 Å². The first-order chi connectivity index (χ1) is 14.0. The summed E-state index contributed by atoms with van der Waals surface area (Å²) >= 11 is 0. The van der Waals surface area contributed by atoms with Gasteiger partial charge in [-0.05, 0) is 31.0 Å². The molecular weight excluding hydrogens is 370 g/mol. The van der Waals surface area contributed by atoms with Crippen LogP contribution in [0, 0.1) is 6.92 Å². The lowest BCUT2D eigenvalue weighted by Gasteiger charge is -2.19. The van der Waals surface area contributed by atoms with Crippen molar-refractivity contribution in [3.63, 3.8) is 0 Å². The molecule has 1 aliphatic rings. The molecule has 0 amide bonds. The van der Waals surface area contributed by atoms with Gasteiger partial charge in [0.1, 0.15) is 17.3 Å². The zero-order chi connectivity index (χ0) is 20.8. The Bertz CT molecular complexity index is 827. The fraction of sp³-hybridized carbons (Fsp3) is 0.550. The van der Waals surface area contributed by atoms with Gasteiger partial charge >= 0.3 is 0 Å². The smallest absolute Gasteiger partial charge is 0.191 e. The molecule has 1 atom stereocenters. The Kier molecular flexibility index (Phi) is 6.92. The van der Waals surface area contributed by atoms with Gasteiger partial charge in [-0.1, -0.05) is 0 Å². The van der Waals surface area contributed by atoms with Gasteiger partial charge in [0.2, 0.25) is 0 Å². The Morgan fingerprint density at radius 2 is 1.93 bits per heavy atom. The first-order valence-electron chi connectivity index (χ1n) is 9.78. The highest BCUT2D eigenvalue weighted by atomic mass is 16.5. The molecule has 0 bridgehead atoms. The van der Waals surface area contributed by atoms with Gasteiger partial charge < -0.3 is 24.7 Å². The van der Waals surface area contributed by atoms with Crippen LogP contribution < -0.4 is 20.1 Å². The van der Waals surface area contributed by atoms with E-state index >= 15 is 0 Å². The van der Waals surface area contributed by atoms with Crippen molar-refractivity contribution in [2.75, 3.05) is 34.4 Å². The Hall–Kier alpha value is -2.81. The number of aryl methyl sites for hydroxylation is 1. The molecule has 1 aliphatic heterocycles. The minimum absolute atomic E-state index is 0.343. The first kappa shape index (κ1) is 20.9. The number of aromatic nitrogens is 3. The largest absolute Gasteiger partial charge is 0.497 e. The third-order valence-electron chi connectivity index (χ3n) is 5.25. The van der Waals surface area contributed by atoms with E-state index in [-0.39, 0.29) is 0 Å². The van der Waals surface area contributed by atoms with Crippen LogP contribution in [0.5, 0.6) is 11.5 Å². The van der Waals surface area contributed by atoms with Crippen LogP contribution in [-0.4, -0.2) is 66.0 Å². The fourth-order valence-corrected chi connectivity index (χ4v) is 3.47. The summed E-state index contributed by atoms with van der Waals surface area (Å²) < 4.78 is 12.7. The molecule has 0 radical (unpaired) electrons. The van der Waals surface area contributed by atoms with E-state index in [4.69, 9.17) is 9.47 Å². The Labute approximate surface area is 172 Å². The molecule has 1 unspecified atom stereocenters. The number of ether oxygens (including phenoxy) is 2. The topological polar surface area (TPSA) is 88.8 Å². The van der Waals surface area contributed by atoms with Gasteiger partial charge in [-0.15, -0.1) is 10.2 Å². The zero-order valence-corrected chi connectivity index (χ0v) is 17.9. The van der Waals surface area contributed by atoms with Crippen LogP contribution in [0.1, 0.15) is 23.6 Å². The molecule has 2 aromatic rings. The second-order valence-corrected chi connectivity index (χ2v) is 7.23. The van der Waals surface area contributed by atoms with Gasteiger partial charge in [-0.2, -0.15) is 0 Å². The van der Waals surface area contributed by atoms with Crippen LogP contribution in [0.2, 0.25) is 0 Å². The summed E-state index contributed by atoms with van der Waals surface area (Å²) in [4.78, 5) is 6.76. The minimum atomic E-state index is 0.343. The van der Waals surface area contributed by atoms with E-state index in [1.54, 1.807) is 21.3 Å². The molecule has 1 fully saturated rings. The maximum Gasteiger partial charge on any atom is 0.191 e. The molecule has 2 N–H and O–H groups in total. The first-order valence-corrected chi connectivity index (χ1v) is 9.78. The summed E-state index contributed by atoms with van der Waals surface area (Å²) in [5, 5.41) is 15.1. The van der Waals surface area contributed by atoms with E-state index in [9.17, 15) is 0 Å². The van der Waals surface area contributed by atoms with E-state index in [1.165, 1.54) is 5.56 Å². The minimum Gasteiger partial charge on any atom is -0.497 e. The monoisotopic (exact) mass is 401 g/mol. The van der Waals surface area contributed by atoms with Gasteiger partial charge in [0.05, 0.1) is 20.8 Å². The third-order valence-corrected chi connectivity index (χ3v) is 5.25. The van der Waals surface area contributed by atoms with E-state index in [0.29, 0.717) is 12.6 Å². The van der Waals surface area contributed by atoms with Crippen LogP contribution in [0.25, 0.3) is 0 Å². The summed E-state index contributed by atoms with van der Waals surface area (Å²) in [6.07, 6.45) is 1.06. The highest BCUT2D eigenvalue weighted by Gasteiger charge is 2.23. The van der Waals surface area contributed by atoms with Gasteiger partial charge in [0, 0.05) is 45.8 Å². The Morgan fingerprint density at radius 3 is 2.52 bits per heavy atom. The molecule has 1 aromatic carbocycles. The van der Waals surface area contributed by atoms with Crippen molar-refractivity contribution < 1.29 is 9.47 Å². The fourth-order valence-electron chi connectivity index (χ4n) is 3.47. The number of likely N-dealkylation sites (tertiary alicyclic amines) is 1. The lowest BCUT2D eigenvalue weighted by Crippen LogP contribution is -2.44. The summed E-state index contributed by atoms with van der Waals surface area (Å²) in [5.74, 6) is 4.19. The van der Waals surface area contributed by atoms with Gasteiger partial charge in [0.15, 0.2) is 11.8 Å². The molecule has 1 saturated heterocycles. The molecule has 0 spiro atoms. The lowest BCUT2D eigenvalue weighted by molar-refractivity contribution is 0.321. The standard InChI is InChI=1S/C20H31N7O2/c1-14-24-25-19(26(14)3)11-22-20(21-2)23-16-6-7-27(13-16)12-15-8-17(28-4)10-18(9-15)29-5/h8-10,16H,6-7,11-13H2,1-5H3,(H2,21,22,23). The van der Waals surface area contributed by atoms with Crippen molar-refractivity contribution in [1.29, 1.82) is 0 Å². The lowest BCUT2D eigenvalue weighted by atomic mass is 10.2. The molecule has 2 heterocycles. The molecular formula is C20H31N7O2. The van der Waals surface area contributed by atoms with Gasteiger partial charge in [0.25, 0.3) is 0 Å². The summed E-state index contributed by atoms with van der Waals surface area (Å²) in [7, 11) is 7.10. The van der Waals surface area contributed by atoms with Crippen molar-refractivity contribution in [3.8, 4) is 11.5 Å². The molecule has 1 aromatic heterocycles. The quantitative estimate of drug-likeness (QED) is 0.530. The summed E-state index contributed by atoms with van der Waals surface area (Å²) in [5.41, 5.74) is 1.18. The van der Waals surface area contributed by atoms with Crippen molar-refractivity contribution in [1.82, 2.24) is 30.3 Å². The molecule has 9 heteroatoms. The maximum absolute atomic E-state index is 5.38. The third kappa shape index (κ3) is 5.38. The second kappa shape index (κ2) is 9.60. The number of guanidine groups is 1. The molecule has 3 rings (SSSR count). The average Bonchev–Trinajstić information content (AvgIpc) is 3.31. The summed E-state index contributed by atoms with van der Waals surface area (Å²) in [6, 6.07) is 6.36. The number of benzene rings is 1. The van der Waals surface area contributed by atoms with E-state index < -0.39 is 0 Å². The molecule has 0 aliphatic carbocycles.